The van der Waals surface area contributed by atoms with E-state index in [0.717, 1.165) is 42.9 Å². The number of aliphatic hydroxyl groups excluding tert-OH is 1. The molecule has 0 spiro atoms. The predicted octanol–water partition coefficient (Wildman–Crippen LogP) is 2.32. The molecule has 22 heavy (non-hydrogen) atoms. The predicted molar refractivity (Wildman–Crippen MR) is 87.9 cm³/mol. The molecule has 2 unspecified atom stereocenters. The third-order valence-electron chi connectivity index (χ3n) is 4.74. The lowest BCUT2D eigenvalue weighted by atomic mass is 9.73. The van der Waals surface area contributed by atoms with Gasteiger partial charge < -0.3 is 15.2 Å². The van der Waals surface area contributed by atoms with Crippen molar-refractivity contribution in [2.45, 2.75) is 52.2 Å². The van der Waals surface area contributed by atoms with E-state index in [4.69, 9.17) is 4.74 Å². The number of nitrogens with one attached hydrogen (secondary N) is 1. The largest absolute Gasteiger partial charge is 0.473 e. The number of hydrogen-bond acceptors (Lipinski definition) is 4. The zero-order valence-electron chi connectivity index (χ0n) is 14.1. The maximum Gasteiger partial charge on any atom is 0.216 e. The van der Waals surface area contributed by atoms with Gasteiger partial charge in [-0.15, -0.1) is 0 Å². The van der Waals surface area contributed by atoms with Crippen molar-refractivity contribution < 1.29 is 9.84 Å². The van der Waals surface area contributed by atoms with Crippen LogP contribution in [0.25, 0.3) is 0 Å². The van der Waals surface area contributed by atoms with E-state index in [9.17, 15) is 5.11 Å². The van der Waals surface area contributed by atoms with E-state index < -0.39 is 0 Å². The highest BCUT2D eigenvalue weighted by Crippen LogP contribution is 2.35. The normalized spacial score (nSPS) is 25.2. The van der Waals surface area contributed by atoms with Crippen LogP contribution in [0.3, 0.4) is 0 Å². The fourth-order valence-electron chi connectivity index (χ4n) is 3.26. The summed E-state index contributed by atoms with van der Waals surface area (Å²) in [5.74, 6) is 0.791. The number of rotatable bonds is 7. The molecule has 124 valence electrons. The highest BCUT2D eigenvalue weighted by Gasteiger charge is 2.34. The molecule has 0 bridgehead atoms. The van der Waals surface area contributed by atoms with Crippen LogP contribution >= 0.6 is 0 Å². The summed E-state index contributed by atoms with van der Waals surface area (Å²) in [7, 11) is 1.89. The van der Waals surface area contributed by atoms with Gasteiger partial charge in [-0.25, -0.2) is 4.68 Å². The maximum absolute atomic E-state index is 10.3. The average molecular weight is 307 g/mol. The van der Waals surface area contributed by atoms with Crippen LogP contribution in [-0.4, -0.2) is 34.1 Å². The molecule has 2 atom stereocenters. The monoisotopic (exact) mass is 307 g/mol. The summed E-state index contributed by atoms with van der Waals surface area (Å²) in [4.78, 5) is 0. The molecule has 1 saturated carbocycles. The minimum absolute atomic E-state index is 0.0312. The Morgan fingerprint density at radius 2 is 2.32 bits per heavy atom. The first-order valence-corrected chi connectivity index (χ1v) is 8.13. The van der Waals surface area contributed by atoms with Crippen molar-refractivity contribution in [2.24, 2.45) is 12.5 Å². The van der Waals surface area contributed by atoms with Gasteiger partial charge in [0.05, 0.1) is 17.4 Å². The lowest BCUT2D eigenvalue weighted by Gasteiger charge is -2.38. The molecule has 1 aromatic rings. The van der Waals surface area contributed by atoms with Crippen molar-refractivity contribution in [1.29, 1.82) is 0 Å². The van der Waals surface area contributed by atoms with E-state index in [1.54, 1.807) is 10.8 Å². The molecule has 1 aliphatic carbocycles. The molecular formula is C17H29N3O2. The quantitative estimate of drug-likeness (QED) is 0.759. The van der Waals surface area contributed by atoms with Gasteiger partial charge in [0.1, 0.15) is 6.61 Å². The van der Waals surface area contributed by atoms with Crippen molar-refractivity contribution in [1.82, 2.24) is 15.1 Å². The Bertz CT molecular complexity index is 512. The second-order valence-corrected chi connectivity index (χ2v) is 6.61. The molecule has 0 amide bonds. The third-order valence-corrected chi connectivity index (χ3v) is 4.74. The molecule has 1 heterocycles. The fraction of sp³-hybridized carbons (Fsp3) is 0.706. The minimum atomic E-state index is -0.208. The second kappa shape index (κ2) is 7.29. The number of aryl methyl sites for hydroxylation is 2. The Hall–Kier alpha value is -1.33. The highest BCUT2D eigenvalue weighted by atomic mass is 16.5. The molecule has 0 saturated heterocycles. The number of aliphatic hydroxyl groups is 1. The molecule has 1 fully saturated rings. The molecule has 0 aromatic carbocycles. The smallest absolute Gasteiger partial charge is 0.216 e. The Balaban J connectivity index is 1.97. The topological polar surface area (TPSA) is 59.3 Å². The van der Waals surface area contributed by atoms with Crippen molar-refractivity contribution in [3.05, 3.63) is 23.9 Å². The third kappa shape index (κ3) is 3.70. The van der Waals surface area contributed by atoms with Gasteiger partial charge >= 0.3 is 0 Å². The van der Waals surface area contributed by atoms with Gasteiger partial charge in [-0.3, -0.25) is 0 Å². The number of nitrogens with zero attached hydrogens (tertiary/aromatic N) is 2. The molecule has 0 aliphatic heterocycles. The fourth-order valence-corrected chi connectivity index (χ4v) is 3.26. The van der Waals surface area contributed by atoms with E-state index >= 15 is 0 Å². The van der Waals surface area contributed by atoms with Crippen LogP contribution in [0, 0.1) is 12.3 Å². The number of aromatic nitrogens is 2. The molecule has 2 rings (SSSR count). The molecule has 1 aromatic heterocycles. The first-order chi connectivity index (χ1) is 10.5. The van der Waals surface area contributed by atoms with Crippen LogP contribution in [0.15, 0.2) is 12.7 Å². The lowest BCUT2D eigenvalue weighted by Crippen LogP contribution is -2.43. The SMILES string of the molecule is C=CCOc1c(CNCC2(C)CCCCC2O)c(C)nn1C. The van der Waals surface area contributed by atoms with E-state index in [2.05, 4.69) is 23.9 Å². The Kier molecular flexibility index (Phi) is 5.64. The lowest BCUT2D eigenvalue weighted by molar-refractivity contribution is 0.00112. The molecule has 1 aliphatic rings. The Labute approximate surface area is 133 Å². The van der Waals surface area contributed by atoms with Gasteiger partial charge in [-0.05, 0) is 19.8 Å². The maximum atomic E-state index is 10.3. The summed E-state index contributed by atoms with van der Waals surface area (Å²) in [6.45, 7) is 9.84. The van der Waals surface area contributed by atoms with Crippen molar-refractivity contribution in [2.75, 3.05) is 13.2 Å². The second-order valence-electron chi connectivity index (χ2n) is 6.61. The average Bonchev–Trinajstić information content (AvgIpc) is 2.74. The molecule has 5 nitrogen and oxygen atoms in total. The summed E-state index contributed by atoms with van der Waals surface area (Å²) in [5.41, 5.74) is 2.03. The molecule has 2 N–H and O–H groups in total. The van der Waals surface area contributed by atoms with Crippen LogP contribution in [0.2, 0.25) is 0 Å². The zero-order valence-corrected chi connectivity index (χ0v) is 14.1. The minimum Gasteiger partial charge on any atom is -0.473 e. The number of hydrogen-bond donors (Lipinski definition) is 2. The highest BCUT2D eigenvalue weighted by molar-refractivity contribution is 5.31. The zero-order chi connectivity index (χ0) is 16.2. The van der Waals surface area contributed by atoms with E-state index in [1.165, 1.54) is 6.42 Å². The molecule has 5 heteroatoms. The van der Waals surface area contributed by atoms with Crippen LogP contribution in [0.1, 0.15) is 43.9 Å². The van der Waals surface area contributed by atoms with Gasteiger partial charge in [0.15, 0.2) is 0 Å². The summed E-state index contributed by atoms with van der Waals surface area (Å²) in [6, 6.07) is 0. The first kappa shape index (κ1) is 17.0. The van der Waals surface area contributed by atoms with Gasteiger partial charge in [-0.1, -0.05) is 32.4 Å². The summed E-state index contributed by atoms with van der Waals surface area (Å²) < 4.78 is 7.49. The van der Waals surface area contributed by atoms with Crippen molar-refractivity contribution >= 4 is 0 Å². The summed E-state index contributed by atoms with van der Waals surface area (Å²) >= 11 is 0. The Morgan fingerprint density at radius 1 is 1.55 bits per heavy atom. The first-order valence-electron chi connectivity index (χ1n) is 8.13. The van der Waals surface area contributed by atoms with E-state index in [0.29, 0.717) is 13.2 Å². The van der Waals surface area contributed by atoms with Gasteiger partial charge in [0.2, 0.25) is 5.88 Å². The van der Waals surface area contributed by atoms with Crippen molar-refractivity contribution in [3.63, 3.8) is 0 Å². The van der Waals surface area contributed by atoms with Crippen LogP contribution < -0.4 is 10.1 Å². The van der Waals surface area contributed by atoms with Crippen LogP contribution in [-0.2, 0) is 13.6 Å². The van der Waals surface area contributed by atoms with E-state index in [-0.39, 0.29) is 11.5 Å². The van der Waals surface area contributed by atoms with Crippen molar-refractivity contribution in [3.8, 4) is 5.88 Å². The summed E-state index contributed by atoms with van der Waals surface area (Å²) in [5, 5.41) is 18.2. The number of ether oxygens (including phenoxy) is 1. The van der Waals surface area contributed by atoms with Gasteiger partial charge in [0.25, 0.3) is 0 Å². The van der Waals surface area contributed by atoms with Crippen LogP contribution in [0.4, 0.5) is 0 Å². The molecule has 0 radical (unpaired) electrons. The van der Waals surface area contributed by atoms with E-state index in [1.807, 2.05) is 14.0 Å². The van der Waals surface area contributed by atoms with Gasteiger partial charge in [0, 0.05) is 25.6 Å². The Morgan fingerprint density at radius 3 is 3.00 bits per heavy atom. The standard InChI is InChI=1S/C17H29N3O2/c1-5-10-22-16-14(13(2)19-20(16)4)11-18-12-17(3)9-7-6-8-15(17)21/h5,15,18,21H,1,6-12H2,2-4H3. The van der Waals surface area contributed by atoms with Crippen LogP contribution in [0.5, 0.6) is 5.88 Å². The van der Waals surface area contributed by atoms with Gasteiger partial charge in [-0.2, -0.15) is 5.10 Å². The molecular weight excluding hydrogens is 278 g/mol. The summed E-state index contributed by atoms with van der Waals surface area (Å²) in [6.07, 6.45) is 5.86.